The maximum atomic E-state index is 12.3. The molecule has 0 unspecified atom stereocenters. The zero-order valence-corrected chi connectivity index (χ0v) is 14.5. The number of aromatic nitrogens is 1. The Morgan fingerprint density at radius 3 is 2.64 bits per heavy atom. The lowest BCUT2D eigenvalue weighted by atomic mass is 9.90. The molecule has 4 nitrogen and oxygen atoms in total. The van der Waals surface area contributed by atoms with E-state index in [4.69, 9.17) is 9.15 Å². The number of hydrogen-bond acceptors (Lipinski definition) is 4. The van der Waals surface area contributed by atoms with Crippen molar-refractivity contribution in [1.29, 1.82) is 0 Å². The van der Waals surface area contributed by atoms with Crippen LogP contribution in [0.2, 0.25) is 0 Å². The Labute approximate surface area is 146 Å². The first-order valence-electron chi connectivity index (χ1n) is 8.84. The van der Waals surface area contributed by atoms with Crippen molar-refractivity contribution >= 4 is 11.0 Å². The minimum absolute atomic E-state index is 0.0178. The van der Waals surface area contributed by atoms with Crippen LogP contribution in [0.3, 0.4) is 0 Å². The van der Waals surface area contributed by atoms with Crippen molar-refractivity contribution in [3.8, 4) is 17.0 Å². The van der Waals surface area contributed by atoms with Gasteiger partial charge in [-0.05, 0) is 63.3 Å². The van der Waals surface area contributed by atoms with Gasteiger partial charge in [0.2, 0.25) is 0 Å². The standard InChI is InChI=1S/C21H21NO3/c1-13(2)24-20-12-19-16(11-17(20)18-9-5-6-10-22-18)14-7-3-4-8-15(14)21(23)25-19/h5-6,9-13H,3-4,7-8H2,1-2H3. The van der Waals surface area contributed by atoms with Crippen LogP contribution in [0.1, 0.15) is 37.8 Å². The number of aryl methyl sites for hydroxylation is 1. The molecule has 0 fully saturated rings. The van der Waals surface area contributed by atoms with E-state index in [2.05, 4.69) is 11.1 Å². The molecule has 0 saturated heterocycles. The van der Waals surface area contributed by atoms with Crippen LogP contribution in [0.5, 0.6) is 5.75 Å². The van der Waals surface area contributed by atoms with Gasteiger partial charge >= 0.3 is 5.63 Å². The summed E-state index contributed by atoms with van der Waals surface area (Å²) < 4.78 is 11.6. The molecule has 2 heterocycles. The molecule has 0 atom stereocenters. The SMILES string of the molecule is CC(C)Oc1cc2oc(=O)c3c(c2cc1-c1ccccn1)CCCC3. The van der Waals surface area contributed by atoms with Crippen LogP contribution in [0, 0.1) is 0 Å². The summed E-state index contributed by atoms with van der Waals surface area (Å²) in [5.74, 6) is 0.695. The number of rotatable bonds is 3. The second kappa shape index (κ2) is 6.36. The molecule has 0 radical (unpaired) electrons. The predicted molar refractivity (Wildman–Crippen MR) is 98.1 cm³/mol. The fraction of sp³-hybridized carbons (Fsp3) is 0.333. The van der Waals surface area contributed by atoms with Crippen molar-refractivity contribution in [2.45, 2.75) is 45.6 Å². The first-order valence-corrected chi connectivity index (χ1v) is 8.84. The Kier molecular flexibility index (Phi) is 4.04. The molecule has 0 spiro atoms. The normalized spacial score (nSPS) is 13.9. The third kappa shape index (κ3) is 2.93. The molecular formula is C21H21NO3. The fourth-order valence-electron chi connectivity index (χ4n) is 3.54. The maximum Gasteiger partial charge on any atom is 0.339 e. The monoisotopic (exact) mass is 335 g/mol. The molecule has 0 saturated carbocycles. The Hall–Kier alpha value is -2.62. The van der Waals surface area contributed by atoms with Crippen LogP contribution >= 0.6 is 0 Å². The summed E-state index contributed by atoms with van der Waals surface area (Å²) in [4.78, 5) is 16.8. The van der Waals surface area contributed by atoms with Crippen molar-refractivity contribution in [3.05, 3.63) is 58.1 Å². The van der Waals surface area contributed by atoms with Crippen molar-refractivity contribution in [2.24, 2.45) is 0 Å². The second-order valence-corrected chi connectivity index (χ2v) is 6.78. The topological polar surface area (TPSA) is 52.3 Å². The smallest absolute Gasteiger partial charge is 0.339 e. The van der Waals surface area contributed by atoms with E-state index in [1.165, 1.54) is 0 Å². The molecular weight excluding hydrogens is 314 g/mol. The van der Waals surface area contributed by atoms with Crippen molar-refractivity contribution < 1.29 is 9.15 Å². The molecule has 1 aliphatic carbocycles. The summed E-state index contributed by atoms with van der Waals surface area (Å²) in [6, 6.07) is 9.75. The highest BCUT2D eigenvalue weighted by molar-refractivity contribution is 5.89. The number of nitrogens with zero attached hydrogens (tertiary/aromatic N) is 1. The van der Waals surface area contributed by atoms with Crippen LogP contribution in [-0.2, 0) is 12.8 Å². The zero-order chi connectivity index (χ0) is 17.4. The third-order valence-corrected chi connectivity index (χ3v) is 4.63. The van der Waals surface area contributed by atoms with Crippen LogP contribution in [-0.4, -0.2) is 11.1 Å². The van der Waals surface area contributed by atoms with Gasteiger partial charge in [-0.2, -0.15) is 0 Å². The summed E-state index contributed by atoms with van der Waals surface area (Å²) in [7, 11) is 0. The van der Waals surface area contributed by atoms with Crippen LogP contribution in [0.25, 0.3) is 22.2 Å². The molecule has 1 aromatic carbocycles. The number of benzene rings is 1. The van der Waals surface area contributed by atoms with E-state index in [1.807, 2.05) is 38.1 Å². The summed E-state index contributed by atoms with van der Waals surface area (Å²) in [6.45, 7) is 3.96. The van der Waals surface area contributed by atoms with E-state index >= 15 is 0 Å². The average Bonchev–Trinajstić information content (AvgIpc) is 2.62. The van der Waals surface area contributed by atoms with Crippen molar-refractivity contribution in [1.82, 2.24) is 4.98 Å². The lowest BCUT2D eigenvalue weighted by molar-refractivity contribution is 0.243. The second-order valence-electron chi connectivity index (χ2n) is 6.78. The van der Waals surface area contributed by atoms with Crippen molar-refractivity contribution in [3.63, 3.8) is 0 Å². The molecule has 0 bridgehead atoms. The van der Waals surface area contributed by atoms with Crippen LogP contribution in [0.4, 0.5) is 0 Å². The molecule has 128 valence electrons. The summed E-state index contributed by atoms with van der Waals surface area (Å²) in [5, 5.41) is 1.01. The molecule has 4 rings (SSSR count). The molecule has 3 aromatic rings. The van der Waals surface area contributed by atoms with Crippen molar-refractivity contribution in [2.75, 3.05) is 0 Å². The molecule has 0 amide bonds. The van der Waals surface area contributed by atoms with Gasteiger partial charge in [0.25, 0.3) is 0 Å². The highest BCUT2D eigenvalue weighted by Crippen LogP contribution is 2.36. The van der Waals surface area contributed by atoms with E-state index in [0.29, 0.717) is 11.3 Å². The van der Waals surface area contributed by atoms with Gasteiger partial charge in [-0.15, -0.1) is 0 Å². The first-order chi connectivity index (χ1) is 12.1. The van der Waals surface area contributed by atoms with Crippen LogP contribution in [0.15, 0.2) is 45.7 Å². The van der Waals surface area contributed by atoms with Gasteiger partial charge in [0.05, 0.1) is 11.8 Å². The van der Waals surface area contributed by atoms with Gasteiger partial charge in [0, 0.05) is 28.8 Å². The number of ether oxygens (including phenoxy) is 1. The molecule has 1 aliphatic rings. The molecule has 25 heavy (non-hydrogen) atoms. The minimum atomic E-state index is -0.205. The van der Waals surface area contributed by atoms with Gasteiger partial charge in [0.15, 0.2) is 0 Å². The Bertz CT molecular complexity index is 974. The number of fused-ring (bicyclic) bond motifs is 3. The average molecular weight is 335 g/mol. The van der Waals surface area contributed by atoms with Gasteiger partial charge in [-0.25, -0.2) is 4.79 Å². The van der Waals surface area contributed by atoms with Gasteiger partial charge < -0.3 is 9.15 Å². The highest BCUT2D eigenvalue weighted by atomic mass is 16.5. The Balaban J connectivity index is 2.01. The molecule has 2 aromatic heterocycles. The quantitative estimate of drug-likeness (QED) is 0.660. The Morgan fingerprint density at radius 1 is 1.12 bits per heavy atom. The van der Waals surface area contributed by atoms with Gasteiger partial charge in [0.1, 0.15) is 11.3 Å². The first kappa shape index (κ1) is 15.9. The summed E-state index contributed by atoms with van der Waals surface area (Å²) in [6.07, 6.45) is 5.67. The van der Waals surface area contributed by atoms with E-state index < -0.39 is 0 Å². The lowest BCUT2D eigenvalue weighted by Gasteiger charge is -2.19. The minimum Gasteiger partial charge on any atom is -0.490 e. The largest absolute Gasteiger partial charge is 0.490 e. The van der Waals surface area contributed by atoms with Gasteiger partial charge in [-0.1, -0.05) is 6.07 Å². The third-order valence-electron chi connectivity index (χ3n) is 4.63. The van der Waals surface area contributed by atoms with Gasteiger partial charge in [-0.3, -0.25) is 4.98 Å². The predicted octanol–water partition coefficient (Wildman–Crippen LogP) is 4.52. The van der Waals surface area contributed by atoms with E-state index in [9.17, 15) is 4.79 Å². The number of hydrogen-bond donors (Lipinski definition) is 0. The Morgan fingerprint density at radius 2 is 1.92 bits per heavy atom. The van der Waals surface area contributed by atoms with E-state index in [1.54, 1.807) is 6.20 Å². The molecule has 0 N–H and O–H groups in total. The molecule has 4 heteroatoms. The number of pyridine rings is 1. The van der Waals surface area contributed by atoms with E-state index in [-0.39, 0.29) is 11.7 Å². The maximum absolute atomic E-state index is 12.3. The van der Waals surface area contributed by atoms with E-state index in [0.717, 1.165) is 53.5 Å². The summed E-state index contributed by atoms with van der Waals surface area (Å²) >= 11 is 0. The van der Waals surface area contributed by atoms with Crippen LogP contribution < -0.4 is 10.4 Å². The highest BCUT2D eigenvalue weighted by Gasteiger charge is 2.21. The molecule has 0 aliphatic heterocycles. The zero-order valence-electron chi connectivity index (χ0n) is 14.5. The summed E-state index contributed by atoms with van der Waals surface area (Å²) in [5.41, 5.74) is 4.15. The fourth-order valence-corrected chi connectivity index (χ4v) is 3.54. The lowest BCUT2D eigenvalue weighted by Crippen LogP contribution is -2.16.